The van der Waals surface area contributed by atoms with Crippen molar-refractivity contribution in [2.75, 3.05) is 0 Å². The summed E-state index contributed by atoms with van der Waals surface area (Å²) in [5.41, 5.74) is 0.210. The van der Waals surface area contributed by atoms with E-state index in [0.29, 0.717) is 12.8 Å². The minimum atomic E-state index is -1.12. The number of benzene rings is 1. The molecule has 0 unspecified atom stereocenters. The molecule has 6 heteroatoms. The average Bonchev–Trinajstić information content (AvgIpc) is 2.45. The maximum atomic E-state index is 12.1. The highest BCUT2D eigenvalue weighted by Crippen LogP contribution is 2.14. The van der Waals surface area contributed by atoms with Gasteiger partial charge in [-0.15, -0.1) is 12.3 Å². The van der Waals surface area contributed by atoms with Crippen LogP contribution in [0.15, 0.2) is 24.3 Å². The number of rotatable bonds is 7. The Morgan fingerprint density at radius 1 is 1.41 bits per heavy atom. The van der Waals surface area contributed by atoms with E-state index in [1.165, 1.54) is 25.1 Å². The standard InChI is InChI=1S/C16H17NO5/c1-3-4-5-9-14(16(20)21)17-15(19)12-7-6-8-13(10-12)22-11(2)18/h1,6-8,10,14H,4-5,9H2,2H3,(H,17,19)(H,20,21)/t14-/m1/s1. The van der Waals surface area contributed by atoms with Crippen LogP contribution in [0.5, 0.6) is 5.75 Å². The molecule has 0 aliphatic heterocycles. The summed E-state index contributed by atoms with van der Waals surface area (Å²) in [7, 11) is 0. The van der Waals surface area contributed by atoms with E-state index < -0.39 is 23.9 Å². The van der Waals surface area contributed by atoms with Gasteiger partial charge in [0.25, 0.3) is 5.91 Å². The summed E-state index contributed by atoms with van der Waals surface area (Å²) in [5, 5.41) is 11.5. The normalized spacial score (nSPS) is 11.1. The summed E-state index contributed by atoms with van der Waals surface area (Å²) in [6.45, 7) is 1.25. The number of amides is 1. The van der Waals surface area contributed by atoms with Crippen molar-refractivity contribution in [3.8, 4) is 18.1 Å². The van der Waals surface area contributed by atoms with E-state index in [4.69, 9.17) is 16.3 Å². The SMILES string of the molecule is C#CCCC[C@@H](NC(=O)c1cccc(OC(C)=O)c1)C(=O)O. The van der Waals surface area contributed by atoms with Crippen LogP contribution in [0.2, 0.25) is 0 Å². The smallest absolute Gasteiger partial charge is 0.326 e. The number of hydrogen-bond donors (Lipinski definition) is 2. The number of nitrogens with one attached hydrogen (secondary N) is 1. The first-order chi connectivity index (χ1) is 10.4. The molecule has 0 heterocycles. The number of carbonyl (C=O) groups excluding carboxylic acids is 2. The molecule has 1 aromatic rings. The molecule has 2 N–H and O–H groups in total. The lowest BCUT2D eigenvalue weighted by Gasteiger charge is -2.14. The number of aliphatic carboxylic acids is 1. The monoisotopic (exact) mass is 303 g/mol. The third-order valence-corrected chi connectivity index (χ3v) is 2.78. The van der Waals surface area contributed by atoms with Crippen LogP contribution in [0.3, 0.4) is 0 Å². The van der Waals surface area contributed by atoms with Gasteiger partial charge in [-0.2, -0.15) is 0 Å². The fraction of sp³-hybridized carbons (Fsp3) is 0.312. The molecule has 6 nitrogen and oxygen atoms in total. The predicted octanol–water partition coefficient (Wildman–Crippen LogP) is 1.60. The molecule has 1 rings (SSSR count). The fourth-order valence-corrected chi connectivity index (χ4v) is 1.77. The van der Waals surface area contributed by atoms with E-state index in [9.17, 15) is 14.4 Å². The number of unbranched alkanes of at least 4 members (excludes halogenated alkanes) is 1. The molecular weight excluding hydrogens is 286 g/mol. The minimum Gasteiger partial charge on any atom is -0.480 e. The Kier molecular flexibility index (Phi) is 6.64. The van der Waals surface area contributed by atoms with Gasteiger partial charge in [0.1, 0.15) is 11.8 Å². The van der Waals surface area contributed by atoms with Crippen LogP contribution < -0.4 is 10.1 Å². The lowest BCUT2D eigenvalue weighted by molar-refractivity contribution is -0.139. The topological polar surface area (TPSA) is 92.7 Å². The molecule has 0 spiro atoms. The molecule has 0 radical (unpaired) electrons. The summed E-state index contributed by atoms with van der Waals surface area (Å²) in [5.74, 6) is 0.459. The maximum absolute atomic E-state index is 12.1. The highest BCUT2D eigenvalue weighted by Gasteiger charge is 2.20. The van der Waals surface area contributed by atoms with Crippen molar-refractivity contribution in [2.45, 2.75) is 32.2 Å². The molecule has 0 aliphatic rings. The Labute approximate surface area is 128 Å². The van der Waals surface area contributed by atoms with Gasteiger partial charge in [-0.05, 0) is 31.0 Å². The second kappa shape index (κ2) is 8.47. The van der Waals surface area contributed by atoms with E-state index in [1.54, 1.807) is 6.07 Å². The zero-order chi connectivity index (χ0) is 16.5. The number of ether oxygens (including phenoxy) is 1. The molecule has 1 atom stereocenters. The highest BCUT2D eigenvalue weighted by atomic mass is 16.5. The van der Waals surface area contributed by atoms with E-state index in [2.05, 4.69) is 11.2 Å². The van der Waals surface area contributed by atoms with Crippen LogP contribution in [0, 0.1) is 12.3 Å². The number of carbonyl (C=O) groups is 3. The second-order valence-corrected chi connectivity index (χ2v) is 4.58. The van der Waals surface area contributed by atoms with Crippen molar-refractivity contribution in [3.63, 3.8) is 0 Å². The summed E-state index contributed by atoms with van der Waals surface area (Å²) in [4.78, 5) is 34.1. The number of hydrogen-bond acceptors (Lipinski definition) is 4. The molecule has 116 valence electrons. The molecular formula is C16H17NO5. The zero-order valence-corrected chi connectivity index (χ0v) is 12.2. The molecule has 0 saturated carbocycles. The van der Waals surface area contributed by atoms with Crippen LogP contribution in [-0.2, 0) is 9.59 Å². The van der Waals surface area contributed by atoms with Crippen LogP contribution in [0.4, 0.5) is 0 Å². The van der Waals surface area contributed by atoms with E-state index >= 15 is 0 Å². The number of carboxylic acid groups (broad SMARTS) is 1. The molecule has 0 saturated heterocycles. The van der Waals surface area contributed by atoms with E-state index in [1.807, 2.05) is 0 Å². The van der Waals surface area contributed by atoms with Crippen molar-refractivity contribution in [1.29, 1.82) is 0 Å². The predicted molar refractivity (Wildman–Crippen MR) is 79.3 cm³/mol. The molecule has 22 heavy (non-hydrogen) atoms. The van der Waals surface area contributed by atoms with Crippen molar-refractivity contribution in [1.82, 2.24) is 5.32 Å². The van der Waals surface area contributed by atoms with Crippen LogP contribution >= 0.6 is 0 Å². The Morgan fingerprint density at radius 3 is 2.73 bits per heavy atom. The summed E-state index contributed by atoms with van der Waals surface area (Å²) < 4.78 is 4.88. The van der Waals surface area contributed by atoms with Crippen molar-refractivity contribution in [2.24, 2.45) is 0 Å². The number of carboxylic acids is 1. The first-order valence-electron chi connectivity index (χ1n) is 6.69. The average molecular weight is 303 g/mol. The van der Waals surface area contributed by atoms with Gasteiger partial charge < -0.3 is 15.2 Å². The first-order valence-corrected chi connectivity index (χ1v) is 6.69. The lowest BCUT2D eigenvalue weighted by Crippen LogP contribution is -2.40. The van der Waals surface area contributed by atoms with Crippen LogP contribution in [0.25, 0.3) is 0 Å². The Hall–Kier alpha value is -2.81. The third-order valence-electron chi connectivity index (χ3n) is 2.78. The van der Waals surface area contributed by atoms with Crippen LogP contribution in [-0.4, -0.2) is 29.0 Å². The summed E-state index contributed by atoms with van der Waals surface area (Å²) in [6, 6.07) is 4.93. The lowest BCUT2D eigenvalue weighted by atomic mass is 10.1. The van der Waals surface area contributed by atoms with Gasteiger partial charge in [-0.1, -0.05) is 6.07 Å². The largest absolute Gasteiger partial charge is 0.480 e. The fourth-order valence-electron chi connectivity index (χ4n) is 1.77. The third kappa shape index (κ3) is 5.67. The Morgan fingerprint density at radius 2 is 2.14 bits per heavy atom. The number of terminal acetylenes is 1. The minimum absolute atomic E-state index is 0.210. The van der Waals surface area contributed by atoms with Gasteiger partial charge in [-0.3, -0.25) is 9.59 Å². The highest BCUT2D eigenvalue weighted by molar-refractivity contribution is 5.97. The molecule has 0 bridgehead atoms. The van der Waals surface area contributed by atoms with Crippen LogP contribution in [0.1, 0.15) is 36.5 Å². The molecule has 1 aromatic carbocycles. The van der Waals surface area contributed by atoms with Crippen molar-refractivity contribution in [3.05, 3.63) is 29.8 Å². The van der Waals surface area contributed by atoms with Gasteiger partial charge in [0, 0.05) is 18.9 Å². The number of esters is 1. The van der Waals surface area contributed by atoms with Crippen molar-refractivity contribution >= 4 is 17.8 Å². The summed E-state index contributed by atoms with van der Waals surface area (Å²) in [6.07, 6.45) is 6.31. The van der Waals surface area contributed by atoms with E-state index in [0.717, 1.165) is 0 Å². The maximum Gasteiger partial charge on any atom is 0.326 e. The summed E-state index contributed by atoms with van der Waals surface area (Å²) >= 11 is 0. The van der Waals surface area contributed by atoms with Crippen molar-refractivity contribution < 1.29 is 24.2 Å². The van der Waals surface area contributed by atoms with Gasteiger partial charge in [0.2, 0.25) is 0 Å². The molecule has 0 fully saturated rings. The van der Waals surface area contributed by atoms with Gasteiger partial charge in [0.05, 0.1) is 0 Å². The first kappa shape index (κ1) is 17.2. The van der Waals surface area contributed by atoms with Gasteiger partial charge in [-0.25, -0.2) is 4.79 Å². The molecule has 1 amide bonds. The Bertz CT molecular complexity index is 603. The van der Waals surface area contributed by atoms with Gasteiger partial charge >= 0.3 is 11.9 Å². The zero-order valence-electron chi connectivity index (χ0n) is 12.2. The second-order valence-electron chi connectivity index (χ2n) is 4.58. The Balaban J connectivity index is 2.75. The molecule has 0 aliphatic carbocycles. The van der Waals surface area contributed by atoms with E-state index in [-0.39, 0.29) is 17.7 Å². The molecule has 0 aromatic heterocycles. The quantitative estimate of drug-likeness (QED) is 0.345. The van der Waals surface area contributed by atoms with Gasteiger partial charge in [0.15, 0.2) is 0 Å².